The molecule has 0 radical (unpaired) electrons. The molecule has 0 aromatic heterocycles. The Hall–Kier alpha value is -2.09. The maximum Gasteiger partial charge on any atom is 0.336 e. The molecule has 2 rings (SSSR count). The van der Waals surface area contributed by atoms with E-state index in [9.17, 15) is 9.90 Å². The van der Waals surface area contributed by atoms with Crippen LogP contribution in [-0.2, 0) is 0 Å². The minimum absolute atomic E-state index is 0.363. The molecule has 0 aliphatic carbocycles. The Labute approximate surface area is 107 Å². The molecular weight excluding hydrogens is 224 g/mol. The van der Waals surface area contributed by atoms with Gasteiger partial charge in [0.1, 0.15) is 0 Å². The lowest BCUT2D eigenvalue weighted by molar-refractivity contribution is 0.0697. The van der Waals surface area contributed by atoms with E-state index in [4.69, 9.17) is 0 Å². The number of hydrogen-bond acceptors (Lipinski definition) is 1. The van der Waals surface area contributed by atoms with Crippen LogP contribution in [0.25, 0.3) is 11.1 Å². The van der Waals surface area contributed by atoms with Gasteiger partial charge in [-0.15, -0.1) is 0 Å². The van der Waals surface area contributed by atoms with Gasteiger partial charge in [0.15, 0.2) is 0 Å². The van der Waals surface area contributed by atoms with Gasteiger partial charge in [0.2, 0.25) is 0 Å². The van der Waals surface area contributed by atoms with Crippen LogP contribution in [0.4, 0.5) is 0 Å². The van der Waals surface area contributed by atoms with Crippen molar-refractivity contribution in [3.05, 3.63) is 58.7 Å². The molecule has 0 bridgehead atoms. The zero-order chi connectivity index (χ0) is 13.3. The fraction of sp³-hybridized carbons (Fsp3) is 0.188. The Morgan fingerprint density at radius 1 is 0.944 bits per heavy atom. The van der Waals surface area contributed by atoms with Crippen LogP contribution >= 0.6 is 0 Å². The molecule has 2 heteroatoms. The van der Waals surface area contributed by atoms with Crippen LogP contribution in [0, 0.1) is 20.8 Å². The molecule has 0 fully saturated rings. The molecule has 2 aromatic carbocycles. The molecule has 0 unspecified atom stereocenters. The van der Waals surface area contributed by atoms with Gasteiger partial charge >= 0.3 is 5.97 Å². The van der Waals surface area contributed by atoms with Gasteiger partial charge in [-0.3, -0.25) is 0 Å². The highest BCUT2D eigenvalue weighted by Gasteiger charge is 2.13. The second kappa shape index (κ2) is 4.65. The number of hydrogen-bond donors (Lipinski definition) is 1. The van der Waals surface area contributed by atoms with Crippen LogP contribution in [-0.4, -0.2) is 11.1 Å². The number of carboxylic acids is 1. The number of rotatable bonds is 2. The van der Waals surface area contributed by atoms with Crippen LogP contribution in [0.5, 0.6) is 0 Å². The van der Waals surface area contributed by atoms with Crippen molar-refractivity contribution in [3.8, 4) is 11.1 Å². The van der Waals surface area contributed by atoms with E-state index in [0.717, 1.165) is 22.3 Å². The summed E-state index contributed by atoms with van der Waals surface area (Å²) in [6.45, 7) is 5.95. The number of carbonyl (C=O) groups is 1. The molecule has 2 aromatic rings. The molecule has 0 aliphatic heterocycles. The molecular formula is C16H16O2. The molecule has 92 valence electrons. The fourth-order valence-electron chi connectivity index (χ4n) is 1.97. The first-order chi connectivity index (χ1) is 8.49. The zero-order valence-electron chi connectivity index (χ0n) is 10.8. The predicted octanol–water partition coefficient (Wildman–Crippen LogP) is 3.98. The van der Waals surface area contributed by atoms with Gasteiger partial charge < -0.3 is 5.11 Å². The second-order valence-electron chi connectivity index (χ2n) is 4.65. The standard InChI is InChI=1S/C16H16O2/c1-10-4-6-13(7-5-10)14-8-11(2)12(3)9-15(14)16(17)18/h4-9H,1-3H3,(H,17,18). The number of aromatic carboxylic acids is 1. The average molecular weight is 240 g/mol. The largest absolute Gasteiger partial charge is 0.478 e. The van der Waals surface area contributed by atoms with Gasteiger partial charge in [-0.1, -0.05) is 35.9 Å². The highest BCUT2D eigenvalue weighted by molar-refractivity contribution is 5.96. The number of benzene rings is 2. The van der Waals surface area contributed by atoms with Crippen molar-refractivity contribution in [2.24, 2.45) is 0 Å². The van der Waals surface area contributed by atoms with Gasteiger partial charge in [-0.25, -0.2) is 4.79 Å². The lowest BCUT2D eigenvalue weighted by Gasteiger charge is -2.10. The maximum absolute atomic E-state index is 11.3. The first-order valence-corrected chi connectivity index (χ1v) is 5.90. The van der Waals surface area contributed by atoms with Gasteiger partial charge in [0.05, 0.1) is 5.56 Å². The minimum Gasteiger partial charge on any atom is -0.478 e. The van der Waals surface area contributed by atoms with E-state index in [-0.39, 0.29) is 0 Å². The highest BCUT2D eigenvalue weighted by Crippen LogP contribution is 2.27. The van der Waals surface area contributed by atoms with Crippen molar-refractivity contribution >= 4 is 5.97 Å². The van der Waals surface area contributed by atoms with Crippen molar-refractivity contribution in [2.75, 3.05) is 0 Å². The average Bonchev–Trinajstić information content (AvgIpc) is 2.33. The molecule has 0 aliphatic rings. The van der Waals surface area contributed by atoms with Crippen LogP contribution in [0.2, 0.25) is 0 Å². The summed E-state index contributed by atoms with van der Waals surface area (Å²) in [6, 6.07) is 11.6. The summed E-state index contributed by atoms with van der Waals surface area (Å²) in [5.74, 6) is -0.881. The smallest absolute Gasteiger partial charge is 0.336 e. The summed E-state index contributed by atoms with van der Waals surface area (Å²) >= 11 is 0. The monoisotopic (exact) mass is 240 g/mol. The molecule has 0 saturated heterocycles. The van der Waals surface area contributed by atoms with E-state index in [1.807, 2.05) is 51.1 Å². The normalized spacial score (nSPS) is 10.4. The van der Waals surface area contributed by atoms with E-state index < -0.39 is 5.97 Å². The molecule has 18 heavy (non-hydrogen) atoms. The number of aryl methyl sites for hydroxylation is 3. The van der Waals surface area contributed by atoms with E-state index in [1.54, 1.807) is 6.07 Å². The van der Waals surface area contributed by atoms with E-state index >= 15 is 0 Å². The molecule has 1 N–H and O–H groups in total. The van der Waals surface area contributed by atoms with Gasteiger partial charge in [0, 0.05) is 0 Å². The predicted molar refractivity (Wildman–Crippen MR) is 73.0 cm³/mol. The van der Waals surface area contributed by atoms with Crippen LogP contribution < -0.4 is 0 Å². The lowest BCUT2D eigenvalue weighted by atomic mass is 9.94. The lowest BCUT2D eigenvalue weighted by Crippen LogP contribution is -2.01. The van der Waals surface area contributed by atoms with Crippen LogP contribution in [0.15, 0.2) is 36.4 Å². The van der Waals surface area contributed by atoms with Gasteiger partial charge in [0.25, 0.3) is 0 Å². The fourth-order valence-corrected chi connectivity index (χ4v) is 1.97. The van der Waals surface area contributed by atoms with E-state index in [2.05, 4.69) is 0 Å². The van der Waals surface area contributed by atoms with Crippen molar-refractivity contribution in [2.45, 2.75) is 20.8 Å². The van der Waals surface area contributed by atoms with Gasteiger partial charge in [-0.05, 0) is 49.1 Å². The Kier molecular flexibility index (Phi) is 3.19. The summed E-state index contributed by atoms with van der Waals surface area (Å²) in [5.41, 5.74) is 5.37. The summed E-state index contributed by atoms with van der Waals surface area (Å²) in [7, 11) is 0. The summed E-state index contributed by atoms with van der Waals surface area (Å²) in [5, 5.41) is 9.30. The Bertz CT molecular complexity index is 595. The Balaban J connectivity index is 2.65. The topological polar surface area (TPSA) is 37.3 Å². The Morgan fingerprint density at radius 2 is 1.50 bits per heavy atom. The van der Waals surface area contributed by atoms with Crippen molar-refractivity contribution in [1.29, 1.82) is 0 Å². The van der Waals surface area contributed by atoms with Crippen molar-refractivity contribution in [3.63, 3.8) is 0 Å². The molecule has 0 heterocycles. The SMILES string of the molecule is Cc1ccc(-c2cc(C)c(C)cc2C(=O)O)cc1. The molecule has 0 atom stereocenters. The first kappa shape index (κ1) is 12.4. The third-order valence-electron chi connectivity index (χ3n) is 3.23. The summed E-state index contributed by atoms with van der Waals surface area (Å²) in [4.78, 5) is 11.3. The molecule has 0 spiro atoms. The minimum atomic E-state index is -0.881. The third-order valence-corrected chi connectivity index (χ3v) is 3.23. The first-order valence-electron chi connectivity index (χ1n) is 5.90. The maximum atomic E-state index is 11.3. The number of carboxylic acid groups (broad SMARTS) is 1. The van der Waals surface area contributed by atoms with Crippen LogP contribution in [0.3, 0.4) is 0 Å². The summed E-state index contributed by atoms with van der Waals surface area (Å²) < 4.78 is 0. The molecule has 0 saturated carbocycles. The van der Waals surface area contributed by atoms with E-state index in [1.165, 1.54) is 5.56 Å². The third kappa shape index (κ3) is 2.28. The van der Waals surface area contributed by atoms with Crippen molar-refractivity contribution < 1.29 is 9.90 Å². The second-order valence-corrected chi connectivity index (χ2v) is 4.65. The molecule has 2 nitrogen and oxygen atoms in total. The molecule has 0 amide bonds. The van der Waals surface area contributed by atoms with Gasteiger partial charge in [-0.2, -0.15) is 0 Å². The quantitative estimate of drug-likeness (QED) is 0.862. The van der Waals surface area contributed by atoms with E-state index in [0.29, 0.717) is 5.56 Å². The Morgan fingerprint density at radius 3 is 2.06 bits per heavy atom. The summed E-state index contributed by atoms with van der Waals surface area (Å²) in [6.07, 6.45) is 0. The van der Waals surface area contributed by atoms with Crippen LogP contribution in [0.1, 0.15) is 27.0 Å². The highest BCUT2D eigenvalue weighted by atomic mass is 16.4. The van der Waals surface area contributed by atoms with Crippen molar-refractivity contribution in [1.82, 2.24) is 0 Å². The zero-order valence-corrected chi connectivity index (χ0v) is 10.8.